The van der Waals surface area contributed by atoms with E-state index in [1.54, 1.807) is 6.07 Å². The second-order valence-corrected chi connectivity index (χ2v) is 5.94. The molecule has 0 radical (unpaired) electrons. The first-order valence-electron chi connectivity index (χ1n) is 6.47. The number of rotatable bonds is 6. The standard InChI is InChI=1S/C14H18ClF3IN/c1-3-10(2)6-7-20(9-19)11-4-5-13(15)12(8-11)14(16,17)18/h4-5,8,10H,3,6-7,9H2,1-2H3. The van der Waals surface area contributed by atoms with Crippen molar-refractivity contribution in [1.82, 2.24) is 0 Å². The van der Waals surface area contributed by atoms with Crippen LogP contribution in [0.25, 0.3) is 0 Å². The molecule has 1 aromatic carbocycles. The summed E-state index contributed by atoms with van der Waals surface area (Å²) in [5.41, 5.74) is -0.200. The van der Waals surface area contributed by atoms with E-state index in [0.29, 0.717) is 16.2 Å². The van der Waals surface area contributed by atoms with Gasteiger partial charge in [-0.3, -0.25) is 0 Å². The van der Waals surface area contributed by atoms with Crippen molar-refractivity contribution in [3.05, 3.63) is 28.8 Å². The van der Waals surface area contributed by atoms with E-state index in [9.17, 15) is 13.2 Å². The minimum atomic E-state index is -4.42. The average molecular weight is 420 g/mol. The van der Waals surface area contributed by atoms with E-state index in [1.807, 2.05) is 4.90 Å². The third kappa shape index (κ3) is 4.98. The maximum absolute atomic E-state index is 12.9. The Morgan fingerprint density at radius 3 is 2.50 bits per heavy atom. The van der Waals surface area contributed by atoms with Crippen LogP contribution >= 0.6 is 34.2 Å². The number of hydrogen-bond donors (Lipinski definition) is 0. The number of benzene rings is 1. The van der Waals surface area contributed by atoms with Crippen LogP contribution in [-0.2, 0) is 6.18 Å². The van der Waals surface area contributed by atoms with Crippen molar-refractivity contribution in [1.29, 1.82) is 0 Å². The van der Waals surface area contributed by atoms with Gasteiger partial charge in [0, 0.05) is 12.2 Å². The second-order valence-electron chi connectivity index (χ2n) is 4.85. The van der Waals surface area contributed by atoms with Crippen LogP contribution in [-0.4, -0.2) is 11.1 Å². The largest absolute Gasteiger partial charge is 0.417 e. The van der Waals surface area contributed by atoms with Crippen molar-refractivity contribution in [2.75, 3.05) is 16.0 Å². The molecular formula is C14H18ClF3IN. The summed E-state index contributed by atoms with van der Waals surface area (Å²) in [5, 5.41) is -0.253. The SMILES string of the molecule is CCC(C)CCN(CI)c1ccc(Cl)c(C(F)(F)F)c1. The molecule has 0 saturated heterocycles. The molecule has 0 amide bonds. The fraction of sp³-hybridized carbons (Fsp3) is 0.571. The van der Waals surface area contributed by atoms with E-state index in [-0.39, 0.29) is 5.02 Å². The van der Waals surface area contributed by atoms with Crippen molar-refractivity contribution in [3.63, 3.8) is 0 Å². The molecule has 0 heterocycles. The van der Waals surface area contributed by atoms with Crippen LogP contribution in [0, 0.1) is 5.92 Å². The zero-order valence-corrected chi connectivity index (χ0v) is 14.4. The lowest BCUT2D eigenvalue weighted by Gasteiger charge is -2.25. The van der Waals surface area contributed by atoms with E-state index < -0.39 is 11.7 Å². The number of hydrogen-bond acceptors (Lipinski definition) is 1. The van der Waals surface area contributed by atoms with Gasteiger partial charge in [-0.15, -0.1) is 0 Å². The molecule has 0 N–H and O–H groups in total. The van der Waals surface area contributed by atoms with Gasteiger partial charge in [-0.05, 0) is 30.5 Å². The van der Waals surface area contributed by atoms with Crippen molar-refractivity contribution >= 4 is 39.9 Å². The van der Waals surface area contributed by atoms with Crippen molar-refractivity contribution in [3.8, 4) is 0 Å². The molecule has 1 atom stereocenters. The van der Waals surface area contributed by atoms with Gasteiger partial charge in [0.1, 0.15) is 0 Å². The molecule has 0 aromatic heterocycles. The van der Waals surface area contributed by atoms with Gasteiger partial charge in [0.2, 0.25) is 0 Å². The highest BCUT2D eigenvalue weighted by molar-refractivity contribution is 14.1. The van der Waals surface area contributed by atoms with Crippen LogP contribution in [0.15, 0.2) is 18.2 Å². The van der Waals surface area contributed by atoms with Gasteiger partial charge in [-0.1, -0.05) is 54.5 Å². The number of nitrogens with zero attached hydrogens (tertiary/aromatic N) is 1. The first-order chi connectivity index (χ1) is 9.29. The van der Waals surface area contributed by atoms with Crippen LogP contribution < -0.4 is 4.90 Å². The molecule has 0 aliphatic rings. The molecule has 0 bridgehead atoms. The van der Waals surface area contributed by atoms with Crippen molar-refractivity contribution in [2.24, 2.45) is 5.92 Å². The van der Waals surface area contributed by atoms with Crippen LogP contribution in [0.2, 0.25) is 5.02 Å². The zero-order valence-electron chi connectivity index (χ0n) is 11.5. The van der Waals surface area contributed by atoms with Gasteiger partial charge >= 0.3 is 6.18 Å². The van der Waals surface area contributed by atoms with Crippen LogP contribution in [0.3, 0.4) is 0 Å². The van der Waals surface area contributed by atoms with Gasteiger partial charge in [-0.2, -0.15) is 13.2 Å². The Labute approximate surface area is 136 Å². The molecule has 114 valence electrons. The van der Waals surface area contributed by atoms with Crippen LogP contribution in [0.4, 0.5) is 18.9 Å². The lowest BCUT2D eigenvalue weighted by atomic mass is 10.0. The molecule has 0 saturated carbocycles. The van der Waals surface area contributed by atoms with E-state index in [4.69, 9.17) is 11.6 Å². The van der Waals surface area contributed by atoms with Crippen LogP contribution in [0.5, 0.6) is 0 Å². The minimum Gasteiger partial charge on any atom is -0.362 e. The molecule has 0 aliphatic heterocycles. The summed E-state index contributed by atoms with van der Waals surface area (Å²) in [7, 11) is 0. The lowest BCUT2D eigenvalue weighted by Crippen LogP contribution is -2.24. The Bertz CT molecular complexity index is 437. The number of anilines is 1. The zero-order chi connectivity index (χ0) is 15.3. The topological polar surface area (TPSA) is 3.24 Å². The second kappa shape index (κ2) is 7.73. The lowest BCUT2D eigenvalue weighted by molar-refractivity contribution is -0.137. The molecule has 6 heteroatoms. The number of halogens is 5. The molecule has 0 aliphatic carbocycles. The van der Waals surface area contributed by atoms with Gasteiger partial charge in [0.05, 0.1) is 15.1 Å². The first kappa shape index (κ1) is 17.9. The molecule has 1 aromatic rings. The summed E-state index contributed by atoms with van der Waals surface area (Å²) in [5.74, 6) is 0.565. The summed E-state index contributed by atoms with van der Waals surface area (Å²) in [4.78, 5) is 1.94. The highest BCUT2D eigenvalue weighted by atomic mass is 127. The molecular weight excluding hydrogens is 402 g/mol. The smallest absolute Gasteiger partial charge is 0.362 e. The summed E-state index contributed by atoms with van der Waals surface area (Å²) in [6, 6.07) is 4.10. The van der Waals surface area contributed by atoms with Gasteiger partial charge in [0.25, 0.3) is 0 Å². The summed E-state index contributed by atoms with van der Waals surface area (Å²) in [6.45, 7) is 5.01. The predicted molar refractivity (Wildman–Crippen MR) is 86.8 cm³/mol. The third-order valence-corrected chi connectivity index (χ3v) is 4.51. The monoisotopic (exact) mass is 419 g/mol. The van der Waals surface area contributed by atoms with E-state index in [2.05, 4.69) is 36.4 Å². The van der Waals surface area contributed by atoms with Gasteiger partial charge in [-0.25, -0.2) is 0 Å². The van der Waals surface area contributed by atoms with Gasteiger partial charge < -0.3 is 4.90 Å². The quantitative estimate of drug-likeness (QED) is 0.311. The van der Waals surface area contributed by atoms with E-state index >= 15 is 0 Å². The Kier molecular flexibility index (Phi) is 6.91. The molecule has 1 nitrogen and oxygen atoms in total. The Hall–Kier alpha value is -0.170. The van der Waals surface area contributed by atoms with Crippen molar-refractivity contribution < 1.29 is 13.2 Å². The third-order valence-electron chi connectivity index (χ3n) is 3.35. The van der Waals surface area contributed by atoms with Crippen molar-refractivity contribution in [2.45, 2.75) is 32.9 Å². The highest BCUT2D eigenvalue weighted by Crippen LogP contribution is 2.37. The van der Waals surface area contributed by atoms with E-state index in [1.165, 1.54) is 6.07 Å². The maximum atomic E-state index is 12.9. The predicted octanol–water partition coefficient (Wildman–Crippen LogP) is 5.99. The molecule has 1 unspecified atom stereocenters. The Morgan fingerprint density at radius 1 is 1.35 bits per heavy atom. The Morgan fingerprint density at radius 2 is 2.00 bits per heavy atom. The molecule has 0 spiro atoms. The summed E-state index contributed by atoms with van der Waals surface area (Å²) in [6.07, 6.45) is -2.38. The maximum Gasteiger partial charge on any atom is 0.417 e. The first-order valence-corrected chi connectivity index (χ1v) is 8.37. The summed E-state index contributed by atoms with van der Waals surface area (Å²) >= 11 is 7.80. The fourth-order valence-corrected chi connectivity index (χ4v) is 2.73. The molecule has 1 rings (SSSR count). The normalized spacial score (nSPS) is 13.3. The molecule has 0 fully saturated rings. The Balaban J connectivity index is 2.93. The highest BCUT2D eigenvalue weighted by Gasteiger charge is 2.33. The van der Waals surface area contributed by atoms with E-state index in [0.717, 1.165) is 25.5 Å². The summed E-state index contributed by atoms with van der Waals surface area (Å²) < 4.78 is 39.2. The average Bonchev–Trinajstić information content (AvgIpc) is 2.39. The molecule has 20 heavy (non-hydrogen) atoms. The number of alkyl halides is 4. The fourth-order valence-electron chi connectivity index (χ4n) is 1.77. The minimum absolute atomic E-state index is 0.253. The van der Waals surface area contributed by atoms with Gasteiger partial charge in [0.15, 0.2) is 0 Å². The van der Waals surface area contributed by atoms with Crippen LogP contribution in [0.1, 0.15) is 32.3 Å².